The highest BCUT2D eigenvalue weighted by Gasteiger charge is 2.72. The highest BCUT2D eigenvalue weighted by Crippen LogP contribution is 2.54. The molecule has 4 heterocycles. The largest absolute Gasteiger partial charge is 0.465 e. The van der Waals surface area contributed by atoms with E-state index in [2.05, 4.69) is 0 Å². The van der Waals surface area contributed by atoms with Crippen LogP contribution in [0, 0.1) is 25.7 Å². The topological polar surface area (TPSA) is 96.4 Å². The number of esters is 1. The molecule has 186 valence electrons. The summed E-state index contributed by atoms with van der Waals surface area (Å²) < 4.78 is 12.0. The molecule has 1 aromatic carbocycles. The quantitative estimate of drug-likeness (QED) is 0.524. The number of aliphatic hydroxyl groups excluding tert-OH is 1. The summed E-state index contributed by atoms with van der Waals surface area (Å²) in [7, 11) is 0. The smallest absolute Gasteiger partial charge is 0.312 e. The number of hydrogen-bond acceptors (Lipinski definition) is 6. The van der Waals surface area contributed by atoms with Gasteiger partial charge in [0.05, 0.1) is 31.3 Å². The Morgan fingerprint density at radius 1 is 1.17 bits per heavy atom. The zero-order chi connectivity index (χ0) is 24.9. The van der Waals surface area contributed by atoms with E-state index in [0.717, 1.165) is 16.8 Å². The van der Waals surface area contributed by atoms with Crippen molar-refractivity contribution in [1.29, 1.82) is 0 Å². The van der Waals surface area contributed by atoms with Crippen molar-refractivity contribution in [2.45, 2.75) is 57.4 Å². The number of anilines is 1. The van der Waals surface area contributed by atoms with Crippen LogP contribution in [0.3, 0.4) is 0 Å². The summed E-state index contributed by atoms with van der Waals surface area (Å²) in [6.07, 6.45) is 7.74. The minimum atomic E-state index is -1.33. The normalized spacial score (nSPS) is 33.0. The van der Waals surface area contributed by atoms with Gasteiger partial charge in [-0.05, 0) is 43.9 Å². The Balaban J connectivity index is 1.67. The van der Waals surface area contributed by atoms with Gasteiger partial charge in [-0.1, -0.05) is 43.4 Å². The van der Waals surface area contributed by atoms with Crippen LogP contribution in [0.15, 0.2) is 42.5 Å². The molecular weight excluding hydrogens is 448 g/mol. The average Bonchev–Trinajstić information content (AvgIpc) is 3.21. The van der Waals surface area contributed by atoms with Gasteiger partial charge in [0, 0.05) is 12.2 Å². The number of benzene rings is 1. The highest BCUT2D eigenvalue weighted by molar-refractivity contribution is 6.06. The number of fused-ring (bicyclic) bond motifs is 2. The Morgan fingerprint density at radius 2 is 1.97 bits per heavy atom. The van der Waals surface area contributed by atoms with Gasteiger partial charge in [-0.25, -0.2) is 0 Å². The van der Waals surface area contributed by atoms with Crippen molar-refractivity contribution in [2.24, 2.45) is 11.8 Å². The van der Waals surface area contributed by atoms with E-state index in [1.807, 2.05) is 57.2 Å². The lowest BCUT2D eigenvalue weighted by atomic mass is 9.77. The van der Waals surface area contributed by atoms with Gasteiger partial charge in [-0.15, -0.1) is 0 Å². The number of amides is 2. The van der Waals surface area contributed by atoms with Crippen LogP contribution in [0.5, 0.6) is 0 Å². The van der Waals surface area contributed by atoms with Crippen LogP contribution in [0.1, 0.15) is 30.9 Å². The second-order valence-corrected chi connectivity index (χ2v) is 9.86. The molecule has 5 rings (SSSR count). The first-order valence-electron chi connectivity index (χ1n) is 12.3. The summed E-state index contributed by atoms with van der Waals surface area (Å²) in [5.41, 5.74) is 1.40. The number of carbonyl (C=O) groups is 3. The van der Waals surface area contributed by atoms with Crippen molar-refractivity contribution < 1.29 is 29.0 Å². The van der Waals surface area contributed by atoms with Gasteiger partial charge in [-0.2, -0.15) is 0 Å². The monoisotopic (exact) mass is 480 g/mol. The second kappa shape index (κ2) is 8.91. The molecule has 35 heavy (non-hydrogen) atoms. The molecule has 0 radical (unpaired) electrons. The molecule has 8 heteroatoms. The van der Waals surface area contributed by atoms with E-state index in [1.54, 1.807) is 11.0 Å². The zero-order valence-corrected chi connectivity index (χ0v) is 20.3. The van der Waals surface area contributed by atoms with Gasteiger partial charge in [0.15, 0.2) is 0 Å². The number of aliphatic hydroxyl groups is 1. The van der Waals surface area contributed by atoms with Gasteiger partial charge in [0.25, 0.3) is 5.91 Å². The number of nitrogens with zero attached hydrogens (tertiary/aromatic N) is 2. The van der Waals surface area contributed by atoms with Crippen LogP contribution in [-0.4, -0.2) is 71.3 Å². The maximum absolute atomic E-state index is 14.3. The lowest BCUT2D eigenvalue weighted by molar-refractivity contribution is -0.155. The SMILES string of the molecule is CC[C@@H](CO)N1C(=O)[C@@H]2[C@@H]3C(=O)OCCC=C[C@@H]3O[C@@]23C=CCN(c2cc(C)ccc2C)C(=O)C13. The van der Waals surface area contributed by atoms with Crippen molar-refractivity contribution in [3.63, 3.8) is 0 Å². The fourth-order valence-electron chi connectivity index (χ4n) is 6.08. The van der Waals surface area contributed by atoms with Crippen molar-refractivity contribution in [3.8, 4) is 0 Å². The Bertz CT molecular complexity index is 1110. The Morgan fingerprint density at radius 3 is 2.71 bits per heavy atom. The summed E-state index contributed by atoms with van der Waals surface area (Å²) in [5, 5.41) is 10.2. The number of hydrogen-bond donors (Lipinski definition) is 1. The van der Waals surface area contributed by atoms with Crippen LogP contribution in [0.25, 0.3) is 0 Å². The van der Waals surface area contributed by atoms with Crippen molar-refractivity contribution in [2.75, 3.05) is 24.7 Å². The molecule has 8 nitrogen and oxygen atoms in total. The van der Waals surface area contributed by atoms with Crippen LogP contribution in [-0.2, 0) is 23.9 Å². The van der Waals surface area contributed by atoms with Gasteiger partial charge >= 0.3 is 5.97 Å². The molecule has 4 aliphatic rings. The predicted molar refractivity (Wildman–Crippen MR) is 129 cm³/mol. The lowest BCUT2D eigenvalue weighted by Crippen LogP contribution is -2.58. The Hall–Kier alpha value is -2.97. The molecule has 2 saturated heterocycles. The van der Waals surface area contributed by atoms with E-state index in [-0.39, 0.29) is 25.0 Å². The zero-order valence-electron chi connectivity index (χ0n) is 20.3. The number of likely N-dealkylation sites (tertiary alicyclic amines) is 1. The molecule has 2 amide bonds. The first-order chi connectivity index (χ1) is 16.8. The van der Waals surface area contributed by atoms with Crippen molar-refractivity contribution in [1.82, 2.24) is 4.90 Å². The van der Waals surface area contributed by atoms with E-state index >= 15 is 0 Å². The third kappa shape index (κ3) is 3.53. The Kier molecular flexibility index (Phi) is 6.05. The van der Waals surface area contributed by atoms with Crippen molar-refractivity contribution >= 4 is 23.5 Å². The molecule has 1 N–H and O–H groups in total. The molecule has 2 fully saturated rings. The summed E-state index contributed by atoms with van der Waals surface area (Å²) >= 11 is 0. The summed E-state index contributed by atoms with van der Waals surface area (Å²) in [6.45, 7) is 6.04. The first-order valence-corrected chi connectivity index (χ1v) is 12.3. The predicted octanol–water partition coefficient (Wildman–Crippen LogP) is 2.06. The van der Waals surface area contributed by atoms with E-state index in [9.17, 15) is 19.5 Å². The van der Waals surface area contributed by atoms with Gasteiger partial charge < -0.3 is 24.4 Å². The molecule has 6 atom stereocenters. The molecule has 1 unspecified atom stereocenters. The number of carbonyl (C=O) groups excluding carboxylic acids is 3. The van der Waals surface area contributed by atoms with Gasteiger partial charge in [0.2, 0.25) is 5.91 Å². The molecule has 0 aliphatic carbocycles. The molecule has 0 bridgehead atoms. The van der Waals surface area contributed by atoms with Crippen LogP contribution in [0.2, 0.25) is 0 Å². The fraction of sp³-hybridized carbons (Fsp3) is 0.519. The molecule has 0 saturated carbocycles. The summed E-state index contributed by atoms with van der Waals surface area (Å²) in [6, 6.07) is 4.34. The number of ether oxygens (including phenoxy) is 2. The minimum absolute atomic E-state index is 0.239. The summed E-state index contributed by atoms with van der Waals surface area (Å²) in [5.74, 6) is -2.88. The minimum Gasteiger partial charge on any atom is -0.465 e. The standard InChI is InChI=1S/C27H32N2O6/c1-4-18(15-30)29-23-25(32)28(19-14-16(2)9-10-17(19)3)12-7-11-27(23)22(24(29)31)21-20(35-27)8-5-6-13-34-26(21)33/h5,7-11,14,18,20-23,30H,4,6,12-13,15H2,1-3H3/t18-,20-,21+,22-,23?,27-/m0/s1. The lowest BCUT2D eigenvalue weighted by Gasteiger charge is -2.38. The molecule has 4 aliphatic heterocycles. The molecule has 1 spiro atoms. The Labute approximate surface area is 205 Å². The second-order valence-electron chi connectivity index (χ2n) is 9.86. The van der Waals surface area contributed by atoms with Gasteiger partial charge in [-0.3, -0.25) is 14.4 Å². The number of cyclic esters (lactones) is 1. The first kappa shape index (κ1) is 23.8. The highest BCUT2D eigenvalue weighted by atomic mass is 16.6. The van der Waals surface area contributed by atoms with Gasteiger partial charge in [0.1, 0.15) is 17.6 Å². The van der Waals surface area contributed by atoms with E-state index in [1.165, 1.54) is 4.90 Å². The van der Waals surface area contributed by atoms with Crippen LogP contribution < -0.4 is 4.90 Å². The number of aryl methyl sites for hydroxylation is 2. The number of rotatable bonds is 4. The summed E-state index contributed by atoms with van der Waals surface area (Å²) in [4.78, 5) is 44.6. The van der Waals surface area contributed by atoms with Crippen LogP contribution >= 0.6 is 0 Å². The third-order valence-corrected chi connectivity index (χ3v) is 7.79. The maximum atomic E-state index is 14.3. The molecular formula is C27H32N2O6. The van der Waals surface area contributed by atoms with Crippen LogP contribution in [0.4, 0.5) is 5.69 Å². The molecule has 0 aromatic heterocycles. The van der Waals surface area contributed by atoms with E-state index in [4.69, 9.17) is 9.47 Å². The van der Waals surface area contributed by atoms with E-state index < -0.39 is 41.6 Å². The average molecular weight is 481 g/mol. The third-order valence-electron chi connectivity index (χ3n) is 7.79. The van der Waals surface area contributed by atoms with E-state index in [0.29, 0.717) is 19.4 Å². The fourth-order valence-corrected chi connectivity index (χ4v) is 6.08. The van der Waals surface area contributed by atoms with Crippen molar-refractivity contribution in [3.05, 3.63) is 53.6 Å². The molecule has 1 aromatic rings. The maximum Gasteiger partial charge on any atom is 0.312 e.